The zero-order valence-corrected chi connectivity index (χ0v) is 12.6. The quantitative estimate of drug-likeness (QED) is 0.754. The van der Waals surface area contributed by atoms with Gasteiger partial charge in [-0.25, -0.2) is 4.98 Å². The number of nitrogens with zero attached hydrogens (tertiary/aromatic N) is 1. The fourth-order valence-electron chi connectivity index (χ4n) is 3.79. The topological polar surface area (TPSA) is 28.7 Å². The highest BCUT2D eigenvalue weighted by Gasteiger charge is 2.30. The highest BCUT2D eigenvalue weighted by molar-refractivity contribution is 5.40. The minimum atomic E-state index is 0.591. The Balaban J connectivity index is 1.59. The molecule has 2 atom stereocenters. The SMILES string of the molecule is c1ccc(CC2CC(Cc3c[nH]cn3)c3ccccc32)cc1. The molecule has 0 amide bonds. The second-order valence-electron chi connectivity index (χ2n) is 6.21. The van der Waals surface area contributed by atoms with Crippen molar-refractivity contribution in [2.75, 3.05) is 0 Å². The minimum absolute atomic E-state index is 0.591. The molecule has 2 unspecified atom stereocenters. The second-order valence-corrected chi connectivity index (χ2v) is 6.21. The molecule has 1 aromatic heterocycles. The lowest BCUT2D eigenvalue weighted by Gasteiger charge is -2.12. The van der Waals surface area contributed by atoms with Crippen LogP contribution in [0.4, 0.5) is 0 Å². The Kier molecular flexibility index (Phi) is 3.51. The molecule has 0 aliphatic heterocycles. The maximum Gasteiger partial charge on any atom is 0.0923 e. The number of aromatic nitrogens is 2. The number of hydrogen-bond acceptors (Lipinski definition) is 1. The summed E-state index contributed by atoms with van der Waals surface area (Å²) in [5.74, 6) is 1.22. The molecule has 1 N–H and O–H groups in total. The van der Waals surface area contributed by atoms with Gasteiger partial charge in [0.25, 0.3) is 0 Å². The van der Waals surface area contributed by atoms with E-state index in [1.54, 1.807) is 6.33 Å². The predicted molar refractivity (Wildman–Crippen MR) is 89.0 cm³/mol. The minimum Gasteiger partial charge on any atom is -0.351 e. The lowest BCUT2D eigenvalue weighted by atomic mass is 9.92. The molecular weight excluding hydrogens is 268 g/mol. The first-order valence-corrected chi connectivity index (χ1v) is 8.00. The third-order valence-electron chi connectivity index (χ3n) is 4.78. The Morgan fingerprint density at radius 1 is 0.864 bits per heavy atom. The number of hydrogen-bond donors (Lipinski definition) is 1. The summed E-state index contributed by atoms with van der Waals surface area (Å²) in [6.45, 7) is 0. The molecule has 1 aliphatic rings. The first kappa shape index (κ1) is 13.3. The van der Waals surface area contributed by atoms with Crippen molar-refractivity contribution in [3.63, 3.8) is 0 Å². The van der Waals surface area contributed by atoms with Crippen LogP contribution in [0.3, 0.4) is 0 Å². The van der Waals surface area contributed by atoms with Crippen LogP contribution in [-0.4, -0.2) is 9.97 Å². The van der Waals surface area contributed by atoms with Crippen molar-refractivity contribution in [2.45, 2.75) is 31.1 Å². The summed E-state index contributed by atoms with van der Waals surface area (Å²) in [7, 11) is 0. The van der Waals surface area contributed by atoms with Gasteiger partial charge in [0.1, 0.15) is 0 Å². The van der Waals surface area contributed by atoms with Crippen molar-refractivity contribution in [1.29, 1.82) is 0 Å². The van der Waals surface area contributed by atoms with Gasteiger partial charge in [0.15, 0.2) is 0 Å². The molecule has 0 bridgehead atoms. The first-order valence-electron chi connectivity index (χ1n) is 8.00. The Hall–Kier alpha value is -2.35. The summed E-state index contributed by atoms with van der Waals surface area (Å²) in [6.07, 6.45) is 7.19. The monoisotopic (exact) mass is 288 g/mol. The summed E-state index contributed by atoms with van der Waals surface area (Å²) >= 11 is 0. The van der Waals surface area contributed by atoms with Crippen LogP contribution in [0.2, 0.25) is 0 Å². The van der Waals surface area contributed by atoms with E-state index in [1.807, 2.05) is 6.20 Å². The summed E-state index contributed by atoms with van der Waals surface area (Å²) in [4.78, 5) is 7.47. The molecule has 22 heavy (non-hydrogen) atoms. The molecule has 3 aromatic rings. The molecule has 1 heterocycles. The van der Waals surface area contributed by atoms with Crippen LogP contribution in [0, 0.1) is 0 Å². The van der Waals surface area contributed by atoms with E-state index < -0.39 is 0 Å². The van der Waals surface area contributed by atoms with E-state index in [2.05, 4.69) is 64.6 Å². The molecule has 0 fully saturated rings. The molecule has 0 saturated heterocycles. The number of fused-ring (bicyclic) bond motifs is 1. The van der Waals surface area contributed by atoms with Crippen LogP contribution in [0.25, 0.3) is 0 Å². The summed E-state index contributed by atoms with van der Waals surface area (Å²) < 4.78 is 0. The normalized spacial score (nSPS) is 20.0. The zero-order chi connectivity index (χ0) is 14.8. The summed E-state index contributed by atoms with van der Waals surface area (Å²) in [5.41, 5.74) is 5.65. The Labute approximate surface area is 131 Å². The van der Waals surface area contributed by atoms with Crippen molar-refractivity contribution < 1.29 is 0 Å². The van der Waals surface area contributed by atoms with Crippen molar-refractivity contribution in [2.24, 2.45) is 0 Å². The largest absolute Gasteiger partial charge is 0.351 e. The van der Waals surface area contributed by atoms with E-state index in [0.29, 0.717) is 11.8 Å². The average Bonchev–Trinajstić information content (AvgIpc) is 3.18. The van der Waals surface area contributed by atoms with Gasteiger partial charge in [-0.15, -0.1) is 0 Å². The highest BCUT2D eigenvalue weighted by atomic mass is 14.9. The fraction of sp³-hybridized carbons (Fsp3) is 0.250. The van der Waals surface area contributed by atoms with Crippen LogP contribution in [0.5, 0.6) is 0 Å². The van der Waals surface area contributed by atoms with E-state index in [4.69, 9.17) is 0 Å². The average molecular weight is 288 g/mol. The van der Waals surface area contributed by atoms with Gasteiger partial charge in [0.2, 0.25) is 0 Å². The molecule has 0 spiro atoms. The smallest absolute Gasteiger partial charge is 0.0923 e. The van der Waals surface area contributed by atoms with Gasteiger partial charge >= 0.3 is 0 Å². The van der Waals surface area contributed by atoms with Gasteiger partial charge in [0.05, 0.1) is 12.0 Å². The van der Waals surface area contributed by atoms with Gasteiger partial charge in [-0.3, -0.25) is 0 Å². The summed E-state index contributed by atoms with van der Waals surface area (Å²) in [6, 6.07) is 19.8. The standard InChI is InChI=1S/C20H20N2/c1-2-6-15(7-3-1)10-16-11-17(12-18-13-21-14-22-18)20-9-5-4-8-19(16)20/h1-9,13-14,16-17H,10-12H2,(H,21,22). The number of H-pyrrole nitrogens is 1. The van der Waals surface area contributed by atoms with E-state index in [-0.39, 0.29) is 0 Å². The lowest BCUT2D eigenvalue weighted by molar-refractivity contribution is 0.579. The van der Waals surface area contributed by atoms with E-state index in [9.17, 15) is 0 Å². The van der Waals surface area contributed by atoms with Gasteiger partial charge in [0, 0.05) is 6.20 Å². The van der Waals surface area contributed by atoms with Crippen LogP contribution in [0.15, 0.2) is 67.1 Å². The maximum absolute atomic E-state index is 4.41. The number of rotatable bonds is 4. The van der Waals surface area contributed by atoms with Gasteiger partial charge in [-0.1, -0.05) is 54.6 Å². The number of nitrogens with one attached hydrogen (secondary N) is 1. The second kappa shape index (κ2) is 5.80. The van der Waals surface area contributed by atoms with E-state index in [1.165, 1.54) is 28.8 Å². The Bertz CT molecular complexity index is 731. The molecule has 110 valence electrons. The van der Waals surface area contributed by atoms with Crippen LogP contribution >= 0.6 is 0 Å². The maximum atomic E-state index is 4.41. The number of aromatic amines is 1. The van der Waals surface area contributed by atoms with Crippen LogP contribution in [0.1, 0.15) is 40.6 Å². The summed E-state index contributed by atoms with van der Waals surface area (Å²) in [5, 5.41) is 0. The Morgan fingerprint density at radius 2 is 1.55 bits per heavy atom. The molecular formula is C20H20N2. The highest BCUT2D eigenvalue weighted by Crippen LogP contribution is 2.44. The van der Waals surface area contributed by atoms with Gasteiger partial charge < -0.3 is 4.98 Å². The molecule has 0 saturated carbocycles. The van der Waals surface area contributed by atoms with Crippen molar-refractivity contribution in [3.8, 4) is 0 Å². The third kappa shape index (κ3) is 2.57. The van der Waals surface area contributed by atoms with Crippen LogP contribution < -0.4 is 0 Å². The first-order chi connectivity index (χ1) is 10.9. The number of imidazole rings is 1. The fourth-order valence-corrected chi connectivity index (χ4v) is 3.79. The van der Waals surface area contributed by atoms with Crippen molar-refractivity contribution >= 4 is 0 Å². The van der Waals surface area contributed by atoms with E-state index >= 15 is 0 Å². The molecule has 2 heteroatoms. The van der Waals surface area contributed by atoms with Crippen molar-refractivity contribution in [1.82, 2.24) is 9.97 Å². The third-order valence-corrected chi connectivity index (χ3v) is 4.78. The molecule has 2 nitrogen and oxygen atoms in total. The van der Waals surface area contributed by atoms with Crippen molar-refractivity contribution in [3.05, 3.63) is 89.5 Å². The Morgan fingerprint density at radius 3 is 2.23 bits per heavy atom. The molecule has 4 rings (SSSR count). The van der Waals surface area contributed by atoms with Gasteiger partial charge in [-0.2, -0.15) is 0 Å². The number of benzene rings is 2. The molecule has 1 aliphatic carbocycles. The van der Waals surface area contributed by atoms with Crippen LogP contribution in [-0.2, 0) is 12.8 Å². The lowest BCUT2D eigenvalue weighted by Crippen LogP contribution is -2.01. The zero-order valence-electron chi connectivity index (χ0n) is 12.6. The van der Waals surface area contributed by atoms with Gasteiger partial charge in [-0.05, 0) is 47.8 Å². The molecule has 0 radical (unpaired) electrons. The predicted octanol–water partition coefficient (Wildman–Crippen LogP) is 4.47. The van der Waals surface area contributed by atoms with E-state index in [0.717, 1.165) is 12.8 Å². The molecule has 2 aromatic carbocycles.